The Balaban J connectivity index is 0.00000210. The Hall–Kier alpha value is -0.140. The Morgan fingerprint density at radius 1 is 0.655 bits per heavy atom. The van der Waals surface area contributed by atoms with Gasteiger partial charge in [0.2, 0.25) is 0 Å². The van der Waals surface area contributed by atoms with Gasteiger partial charge in [0.15, 0.2) is 0 Å². The van der Waals surface area contributed by atoms with E-state index in [1.807, 2.05) is 6.56 Å². The zero-order valence-electron chi connectivity index (χ0n) is 19.4. The molecule has 2 aliphatic carbocycles. The number of benzene rings is 1. The molecule has 0 aliphatic heterocycles. The van der Waals surface area contributed by atoms with Crippen molar-refractivity contribution in [2.75, 3.05) is 0 Å². The van der Waals surface area contributed by atoms with Crippen LogP contribution in [0.2, 0.25) is 6.55 Å². The molecule has 0 fully saturated rings. The van der Waals surface area contributed by atoms with Crippen molar-refractivity contribution in [3.8, 4) is 0 Å². The largest absolute Gasteiger partial charge is 0.147 e. The zero-order valence-corrected chi connectivity index (χ0v) is 24.4. The molecule has 0 N–H and O–H groups in total. The fourth-order valence-corrected chi connectivity index (χ4v) is 27.5. The molecule has 1 aromatic carbocycles. The molecular formula is C25H36Cl2SiZr. The van der Waals surface area contributed by atoms with Crippen LogP contribution in [0.15, 0.2) is 70.3 Å². The van der Waals surface area contributed by atoms with Gasteiger partial charge in [0.25, 0.3) is 0 Å². The second-order valence-electron chi connectivity index (χ2n) is 8.50. The Kier molecular flexibility index (Phi) is 9.69. The third-order valence-corrected chi connectivity index (χ3v) is 26.8. The van der Waals surface area contributed by atoms with Crippen molar-refractivity contribution in [2.24, 2.45) is 11.8 Å². The van der Waals surface area contributed by atoms with E-state index in [-0.39, 0.29) is 24.8 Å². The summed E-state index contributed by atoms with van der Waals surface area (Å²) in [7, 11) is 0. The van der Waals surface area contributed by atoms with Crippen LogP contribution >= 0.6 is 24.8 Å². The average molecular weight is 527 g/mol. The van der Waals surface area contributed by atoms with E-state index in [1.165, 1.54) is 0 Å². The molecule has 158 valence electrons. The maximum Gasteiger partial charge on any atom is -0.147 e. The normalized spacial score (nSPS) is 21.6. The number of halogens is 2. The molecule has 2 atom stereocenters. The van der Waals surface area contributed by atoms with Gasteiger partial charge in [0.1, 0.15) is 0 Å². The van der Waals surface area contributed by atoms with Crippen molar-refractivity contribution in [1.82, 2.24) is 0 Å². The summed E-state index contributed by atoms with van der Waals surface area (Å²) in [6.07, 6.45) is 0. The molecule has 0 amide bonds. The summed E-state index contributed by atoms with van der Waals surface area (Å²) in [5.41, 5.74) is 9.10. The van der Waals surface area contributed by atoms with E-state index < -0.39 is 25.8 Å². The maximum atomic E-state index is 2.63. The van der Waals surface area contributed by atoms with Crippen LogP contribution in [0.5, 0.6) is 0 Å². The minimum absolute atomic E-state index is 0. The SMILES string of the molecule is CC1=C(C)C(C)[C]([Zr]([C]2=C(C)C(C)=C(C)C2C)=[Si](C)c2ccccc2)=C1C.Cl.Cl. The predicted octanol–water partition coefficient (Wildman–Crippen LogP) is 7.50. The first-order chi connectivity index (χ1) is 12.7. The summed E-state index contributed by atoms with van der Waals surface area (Å²) >= 11 is -2.03. The van der Waals surface area contributed by atoms with Gasteiger partial charge in [-0.05, 0) is 0 Å². The Morgan fingerprint density at radius 2 is 1.03 bits per heavy atom. The van der Waals surface area contributed by atoms with Crippen LogP contribution < -0.4 is 5.19 Å². The first-order valence-electron chi connectivity index (χ1n) is 10.2. The summed E-state index contributed by atoms with van der Waals surface area (Å²) in [6, 6.07) is 11.5. The van der Waals surface area contributed by atoms with E-state index in [0.29, 0.717) is 11.8 Å². The van der Waals surface area contributed by atoms with E-state index in [0.717, 1.165) is 0 Å². The van der Waals surface area contributed by atoms with Gasteiger partial charge in [0.05, 0.1) is 0 Å². The van der Waals surface area contributed by atoms with Gasteiger partial charge in [0, 0.05) is 0 Å². The van der Waals surface area contributed by atoms with Crippen molar-refractivity contribution in [1.29, 1.82) is 0 Å². The molecule has 0 nitrogen and oxygen atoms in total. The number of hydrogen-bond acceptors (Lipinski definition) is 0. The summed E-state index contributed by atoms with van der Waals surface area (Å²) in [5.74, 6) is 1.30. The van der Waals surface area contributed by atoms with Crippen LogP contribution in [0.25, 0.3) is 0 Å². The third-order valence-electron chi connectivity index (χ3n) is 7.40. The van der Waals surface area contributed by atoms with Gasteiger partial charge in [-0.15, -0.1) is 24.8 Å². The van der Waals surface area contributed by atoms with Crippen molar-refractivity contribution in [2.45, 2.75) is 61.9 Å². The summed E-state index contributed by atoms with van der Waals surface area (Å²) in [6.45, 7) is 21.9. The monoisotopic (exact) mass is 524 g/mol. The molecule has 1 aromatic rings. The van der Waals surface area contributed by atoms with E-state index in [4.69, 9.17) is 0 Å². The van der Waals surface area contributed by atoms with E-state index in [9.17, 15) is 0 Å². The first-order valence-corrected chi connectivity index (χ1v) is 18.4. The van der Waals surface area contributed by atoms with Crippen LogP contribution in [-0.2, 0) is 20.4 Å². The third kappa shape index (κ3) is 4.57. The number of hydrogen-bond donors (Lipinski definition) is 0. The Labute approximate surface area is 198 Å². The topological polar surface area (TPSA) is 0 Å². The fourth-order valence-electron chi connectivity index (χ4n) is 4.92. The molecule has 2 unspecified atom stereocenters. The summed E-state index contributed by atoms with van der Waals surface area (Å²) in [5, 5.41) is 1.64. The molecule has 0 radical (unpaired) electrons. The van der Waals surface area contributed by atoms with Crippen LogP contribution in [-0.4, -0.2) is 5.43 Å². The molecule has 4 heteroatoms. The van der Waals surface area contributed by atoms with Crippen LogP contribution in [0.3, 0.4) is 0 Å². The fraction of sp³-hybridized carbons (Fsp3) is 0.440. The zero-order chi connectivity index (χ0) is 20.0. The molecule has 0 heterocycles. The second kappa shape index (κ2) is 10.4. The number of allylic oxidation sites excluding steroid dienone is 8. The standard InChI is InChI=1S/2C9H13.C7H8Si.2ClH.Zr/c2*1-6-5-7(2)9(4)8(6)3;1-8-7-5-3-2-4-6-7;;;/h2*6H,1-4H3;2-6H,1H3;2*1H;. The van der Waals surface area contributed by atoms with E-state index in [1.54, 1.807) is 38.6 Å². The van der Waals surface area contributed by atoms with Gasteiger partial charge in [-0.3, -0.25) is 0 Å². The van der Waals surface area contributed by atoms with Gasteiger partial charge in [-0.2, -0.15) is 0 Å². The summed E-state index contributed by atoms with van der Waals surface area (Å²) in [4.78, 5) is 0. The Bertz CT molecular complexity index is 908. The molecule has 0 aromatic heterocycles. The smallest absolute Gasteiger partial charge is 0.147 e. The van der Waals surface area contributed by atoms with Crippen molar-refractivity contribution < 1.29 is 20.4 Å². The van der Waals surface area contributed by atoms with Gasteiger partial charge < -0.3 is 0 Å². The second-order valence-corrected chi connectivity index (χ2v) is 23.3. The molecular weight excluding hydrogens is 490 g/mol. The average Bonchev–Trinajstić information content (AvgIpc) is 2.98. The van der Waals surface area contributed by atoms with Crippen molar-refractivity contribution in [3.05, 3.63) is 70.3 Å². The predicted molar refractivity (Wildman–Crippen MR) is 133 cm³/mol. The molecule has 29 heavy (non-hydrogen) atoms. The van der Waals surface area contributed by atoms with E-state index >= 15 is 0 Å². The number of rotatable bonds is 3. The minimum atomic E-state index is -2.03. The van der Waals surface area contributed by atoms with Crippen LogP contribution in [0, 0.1) is 11.8 Å². The molecule has 3 rings (SSSR count). The molecule has 0 bridgehead atoms. The quantitative estimate of drug-likeness (QED) is 0.358. The molecule has 0 saturated heterocycles. The minimum Gasteiger partial charge on any atom is -0.147 e. The molecule has 0 spiro atoms. The van der Waals surface area contributed by atoms with Crippen LogP contribution in [0.1, 0.15) is 55.4 Å². The molecule has 2 aliphatic rings. The first kappa shape index (κ1) is 26.9. The van der Waals surface area contributed by atoms with Gasteiger partial charge in [-0.25, -0.2) is 0 Å². The van der Waals surface area contributed by atoms with Crippen LogP contribution in [0.4, 0.5) is 0 Å². The maximum absolute atomic E-state index is 2.63. The van der Waals surface area contributed by atoms with Gasteiger partial charge >= 0.3 is 175 Å². The van der Waals surface area contributed by atoms with Crippen molar-refractivity contribution in [3.63, 3.8) is 0 Å². The Morgan fingerprint density at radius 3 is 1.34 bits per heavy atom. The van der Waals surface area contributed by atoms with Crippen molar-refractivity contribution >= 4 is 35.4 Å². The summed E-state index contributed by atoms with van der Waals surface area (Å²) < 4.78 is 3.80. The van der Waals surface area contributed by atoms with E-state index in [2.05, 4.69) is 92.3 Å². The van der Waals surface area contributed by atoms with Gasteiger partial charge in [-0.1, -0.05) is 0 Å². The molecule has 0 saturated carbocycles.